The van der Waals surface area contributed by atoms with Crippen LogP contribution in [0.1, 0.15) is 25.4 Å². The fourth-order valence-electron chi connectivity index (χ4n) is 1.18. The fourth-order valence-corrected chi connectivity index (χ4v) is 1.18. The van der Waals surface area contributed by atoms with Crippen molar-refractivity contribution < 1.29 is 0 Å². The number of anilines is 1. The molecule has 0 bridgehead atoms. The third-order valence-electron chi connectivity index (χ3n) is 1.94. The van der Waals surface area contributed by atoms with E-state index in [0.717, 1.165) is 17.3 Å². The number of hydrogen-bond acceptors (Lipinski definition) is 4. The normalized spacial score (nSPS) is 11.5. The van der Waals surface area contributed by atoms with Crippen LogP contribution in [-0.2, 0) is 0 Å². The molecule has 4 nitrogen and oxygen atoms in total. The lowest BCUT2D eigenvalue weighted by Gasteiger charge is -2.25. The summed E-state index contributed by atoms with van der Waals surface area (Å²) >= 11 is 0. The van der Waals surface area contributed by atoms with Gasteiger partial charge in [0.25, 0.3) is 0 Å². The van der Waals surface area contributed by atoms with Gasteiger partial charge in [0.2, 0.25) is 0 Å². The van der Waals surface area contributed by atoms with Crippen molar-refractivity contribution in [2.75, 3.05) is 11.9 Å². The minimum Gasteiger partial charge on any atom is -0.364 e. The molecule has 1 heterocycles. The standard InChI is InChI=1S/C10H18N4/c1-7-5-9(13-8(2)12-7)14-10(3,4)6-11/h5H,6,11H2,1-4H3,(H,12,13,14). The van der Waals surface area contributed by atoms with Crippen LogP contribution in [0.5, 0.6) is 0 Å². The van der Waals surface area contributed by atoms with E-state index in [2.05, 4.69) is 15.3 Å². The number of aromatic nitrogens is 2. The number of hydrogen-bond donors (Lipinski definition) is 2. The highest BCUT2D eigenvalue weighted by Crippen LogP contribution is 2.12. The van der Waals surface area contributed by atoms with Gasteiger partial charge in [0.15, 0.2) is 0 Å². The second-order valence-corrected chi connectivity index (χ2v) is 4.15. The third-order valence-corrected chi connectivity index (χ3v) is 1.94. The first kappa shape index (κ1) is 10.9. The molecule has 0 amide bonds. The molecule has 0 aliphatic carbocycles. The molecule has 0 saturated heterocycles. The maximum Gasteiger partial charge on any atom is 0.130 e. The average Bonchev–Trinajstić information content (AvgIpc) is 2.01. The van der Waals surface area contributed by atoms with Gasteiger partial charge in [-0.2, -0.15) is 0 Å². The summed E-state index contributed by atoms with van der Waals surface area (Å²) in [5.41, 5.74) is 6.46. The Morgan fingerprint density at radius 2 is 2.00 bits per heavy atom. The summed E-state index contributed by atoms with van der Waals surface area (Å²) in [5, 5.41) is 3.27. The monoisotopic (exact) mass is 194 g/mol. The van der Waals surface area contributed by atoms with E-state index >= 15 is 0 Å². The minimum absolute atomic E-state index is 0.132. The number of aryl methyl sites for hydroxylation is 2. The smallest absolute Gasteiger partial charge is 0.130 e. The molecule has 1 aromatic rings. The van der Waals surface area contributed by atoms with E-state index in [-0.39, 0.29) is 5.54 Å². The molecule has 0 aromatic carbocycles. The van der Waals surface area contributed by atoms with Crippen LogP contribution in [0.2, 0.25) is 0 Å². The highest BCUT2D eigenvalue weighted by Gasteiger charge is 2.15. The zero-order chi connectivity index (χ0) is 10.8. The lowest BCUT2D eigenvalue weighted by Crippen LogP contribution is -2.39. The van der Waals surface area contributed by atoms with Gasteiger partial charge in [-0.15, -0.1) is 0 Å². The molecule has 3 N–H and O–H groups in total. The predicted molar refractivity (Wildman–Crippen MR) is 58.3 cm³/mol. The van der Waals surface area contributed by atoms with Crippen molar-refractivity contribution in [2.24, 2.45) is 5.73 Å². The Hall–Kier alpha value is -1.16. The second-order valence-electron chi connectivity index (χ2n) is 4.15. The summed E-state index contributed by atoms with van der Waals surface area (Å²) in [6.45, 7) is 8.48. The van der Waals surface area contributed by atoms with Gasteiger partial charge in [0.1, 0.15) is 11.6 Å². The van der Waals surface area contributed by atoms with E-state index < -0.39 is 0 Å². The van der Waals surface area contributed by atoms with E-state index in [1.165, 1.54) is 0 Å². The number of nitrogens with one attached hydrogen (secondary N) is 1. The maximum absolute atomic E-state index is 5.62. The quantitative estimate of drug-likeness (QED) is 0.760. The van der Waals surface area contributed by atoms with Gasteiger partial charge in [0, 0.05) is 23.8 Å². The molecular formula is C10H18N4. The molecule has 0 fully saturated rings. The van der Waals surface area contributed by atoms with Crippen LogP contribution in [0.4, 0.5) is 5.82 Å². The molecule has 0 spiro atoms. The zero-order valence-corrected chi connectivity index (χ0v) is 9.26. The van der Waals surface area contributed by atoms with Gasteiger partial charge >= 0.3 is 0 Å². The minimum atomic E-state index is -0.132. The molecule has 0 aliphatic rings. The van der Waals surface area contributed by atoms with E-state index in [9.17, 15) is 0 Å². The summed E-state index contributed by atoms with van der Waals surface area (Å²) in [6.07, 6.45) is 0. The first-order chi connectivity index (χ1) is 6.43. The SMILES string of the molecule is Cc1cc(NC(C)(C)CN)nc(C)n1. The van der Waals surface area contributed by atoms with Crippen LogP contribution in [0.25, 0.3) is 0 Å². The molecule has 0 aliphatic heterocycles. The van der Waals surface area contributed by atoms with E-state index in [1.807, 2.05) is 33.8 Å². The van der Waals surface area contributed by atoms with Crippen molar-refractivity contribution in [1.29, 1.82) is 0 Å². The Balaban J connectivity index is 2.87. The van der Waals surface area contributed by atoms with Crippen molar-refractivity contribution in [2.45, 2.75) is 33.2 Å². The summed E-state index contributed by atoms with van der Waals surface area (Å²) in [4.78, 5) is 8.50. The average molecular weight is 194 g/mol. The molecule has 0 unspecified atom stereocenters. The number of nitrogens with zero attached hydrogens (tertiary/aromatic N) is 2. The van der Waals surface area contributed by atoms with Gasteiger partial charge in [-0.3, -0.25) is 0 Å². The summed E-state index contributed by atoms with van der Waals surface area (Å²) < 4.78 is 0. The van der Waals surface area contributed by atoms with Crippen molar-refractivity contribution in [1.82, 2.24) is 9.97 Å². The van der Waals surface area contributed by atoms with Crippen molar-refractivity contribution in [3.05, 3.63) is 17.6 Å². The first-order valence-electron chi connectivity index (χ1n) is 4.73. The Bertz CT molecular complexity index is 300. The van der Waals surface area contributed by atoms with E-state index in [0.29, 0.717) is 6.54 Å². The van der Waals surface area contributed by atoms with Crippen LogP contribution in [-0.4, -0.2) is 22.1 Å². The molecule has 0 radical (unpaired) electrons. The van der Waals surface area contributed by atoms with E-state index in [1.54, 1.807) is 0 Å². The lowest BCUT2D eigenvalue weighted by molar-refractivity contribution is 0.576. The summed E-state index contributed by atoms with van der Waals surface area (Å²) in [6, 6.07) is 1.92. The molecule has 78 valence electrons. The highest BCUT2D eigenvalue weighted by molar-refractivity contribution is 5.38. The topological polar surface area (TPSA) is 63.8 Å². The van der Waals surface area contributed by atoms with Gasteiger partial charge in [-0.05, 0) is 27.7 Å². The first-order valence-corrected chi connectivity index (χ1v) is 4.73. The summed E-state index contributed by atoms with van der Waals surface area (Å²) in [5.74, 6) is 1.62. The molecule has 0 atom stereocenters. The van der Waals surface area contributed by atoms with Crippen LogP contribution < -0.4 is 11.1 Å². The fraction of sp³-hybridized carbons (Fsp3) is 0.600. The molecule has 1 aromatic heterocycles. The van der Waals surface area contributed by atoms with Crippen molar-refractivity contribution in [3.63, 3.8) is 0 Å². The van der Waals surface area contributed by atoms with Crippen LogP contribution in [0.15, 0.2) is 6.07 Å². The Morgan fingerprint density at radius 3 is 2.50 bits per heavy atom. The zero-order valence-electron chi connectivity index (χ0n) is 9.26. The van der Waals surface area contributed by atoms with Gasteiger partial charge in [-0.25, -0.2) is 9.97 Å². The molecule has 4 heteroatoms. The van der Waals surface area contributed by atoms with Crippen molar-refractivity contribution >= 4 is 5.82 Å². The summed E-state index contributed by atoms with van der Waals surface area (Å²) in [7, 11) is 0. The van der Waals surface area contributed by atoms with Crippen LogP contribution >= 0.6 is 0 Å². The third kappa shape index (κ3) is 2.96. The Morgan fingerprint density at radius 1 is 1.36 bits per heavy atom. The Kier molecular flexibility index (Phi) is 3.06. The highest BCUT2D eigenvalue weighted by atomic mass is 15.1. The second kappa shape index (κ2) is 3.92. The predicted octanol–water partition coefficient (Wildman–Crippen LogP) is 1.24. The van der Waals surface area contributed by atoms with Crippen LogP contribution in [0.3, 0.4) is 0 Å². The number of nitrogens with two attached hydrogens (primary N) is 1. The van der Waals surface area contributed by atoms with Gasteiger partial charge in [0.05, 0.1) is 0 Å². The molecule has 1 rings (SSSR count). The van der Waals surface area contributed by atoms with Gasteiger partial charge in [-0.1, -0.05) is 0 Å². The molecule has 0 saturated carbocycles. The maximum atomic E-state index is 5.62. The largest absolute Gasteiger partial charge is 0.364 e. The lowest BCUT2D eigenvalue weighted by atomic mass is 10.1. The number of rotatable bonds is 3. The molecule has 14 heavy (non-hydrogen) atoms. The van der Waals surface area contributed by atoms with Gasteiger partial charge < -0.3 is 11.1 Å². The van der Waals surface area contributed by atoms with E-state index in [4.69, 9.17) is 5.73 Å². The Labute approximate surface area is 85.0 Å². The van der Waals surface area contributed by atoms with Crippen LogP contribution in [0, 0.1) is 13.8 Å². The van der Waals surface area contributed by atoms with Crippen molar-refractivity contribution in [3.8, 4) is 0 Å². The molecular weight excluding hydrogens is 176 g/mol.